The molecule has 43 heavy (non-hydrogen) atoms. The monoisotopic (exact) mass is 591 g/mol. The number of fused-ring (bicyclic) bond motifs is 2. The highest BCUT2D eigenvalue weighted by molar-refractivity contribution is 5.80. The molecular weight excluding hydrogens is 554 g/mol. The fourth-order valence-electron chi connectivity index (χ4n) is 5.47. The average molecular weight is 592 g/mol. The Bertz CT molecular complexity index is 1330. The fraction of sp³-hybridized carbons (Fsp3) is 0.394. The van der Waals surface area contributed by atoms with Gasteiger partial charge in [0.1, 0.15) is 30.5 Å². The minimum atomic E-state index is -2.20. The van der Waals surface area contributed by atoms with E-state index in [0.29, 0.717) is 6.61 Å². The van der Waals surface area contributed by atoms with Crippen LogP contribution in [0.2, 0.25) is 0 Å². The van der Waals surface area contributed by atoms with E-state index in [1.807, 2.05) is 91.0 Å². The Morgan fingerprint density at radius 3 is 1.98 bits per heavy atom. The lowest BCUT2D eigenvalue weighted by Gasteiger charge is -2.43. The number of carbonyl (C=O) groups is 2. The van der Waals surface area contributed by atoms with Gasteiger partial charge in [-0.3, -0.25) is 4.79 Å². The summed E-state index contributed by atoms with van der Waals surface area (Å²) in [7, 11) is 1.19. The van der Waals surface area contributed by atoms with Crippen molar-refractivity contribution in [3.05, 3.63) is 108 Å². The molecule has 2 saturated heterocycles. The van der Waals surface area contributed by atoms with E-state index in [1.54, 1.807) is 0 Å². The molecule has 2 aliphatic heterocycles. The largest absolute Gasteiger partial charge is 0.465 e. The Labute approximate surface area is 250 Å². The van der Waals surface area contributed by atoms with Gasteiger partial charge in [-0.05, 0) is 16.7 Å². The molecule has 0 spiro atoms. The molecule has 2 N–H and O–H groups in total. The molecule has 2 aliphatic rings. The van der Waals surface area contributed by atoms with Crippen LogP contribution in [-0.4, -0.2) is 73.0 Å². The van der Waals surface area contributed by atoms with Gasteiger partial charge in [0.25, 0.3) is 5.79 Å². The number of carbonyl (C=O) groups excluding carboxylic acids is 2. The summed E-state index contributed by atoms with van der Waals surface area (Å²) in [6, 6.07) is 27.7. The highest BCUT2D eigenvalue weighted by Gasteiger charge is 2.69. The zero-order valence-electron chi connectivity index (χ0n) is 24.2. The summed E-state index contributed by atoms with van der Waals surface area (Å²) in [5.74, 6) is -3.49. The van der Waals surface area contributed by atoms with Crippen molar-refractivity contribution < 1.29 is 43.1 Å². The molecule has 0 saturated carbocycles. The zero-order chi connectivity index (χ0) is 30.2. The van der Waals surface area contributed by atoms with E-state index < -0.39 is 48.3 Å². The molecule has 1 amide bonds. The first-order chi connectivity index (χ1) is 20.9. The van der Waals surface area contributed by atoms with Crippen LogP contribution < -0.4 is 5.32 Å². The second-order valence-electron chi connectivity index (χ2n) is 10.6. The fourth-order valence-corrected chi connectivity index (χ4v) is 5.47. The number of ether oxygens (including phenoxy) is 6. The molecular formula is C33H37NO9. The van der Waals surface area contributed by atoms with Crippen LogP contribution in [0, 0.1) is 0 Å². The van der Waals surface area contributed by atoms with Crippen LogP contribution in [-0.2, 0) is 57.8 Å². The first-order valence-electron chi connectivity index (χ1n) is 14.2. The Morgan fingerprint density at radius 1 is 0.860 bits per heavy atom. The molecule has 0 unspecified atom stereocenters. The summed E-state index contributed by atoms with van der Waals surface area (Å²) < 4.78 is 36.1. The quantitative estimate of drug-likeness (QED) is 0.289. The molecule has 3 aromatic rings. The molecule has 0 aliphatic carbocycles. The molecule has 3 aromatic carbocycles. The normalized spacial score (nSPS) is 26.9. The number of benzene rings is 3. The Kier molecular flexibility index (Phi) is 10.2. The van der Waals surface area contributed by atoms with Gasteiger partial charge in [0.2, 0.25) is 5.91 Å². The molecule has 5 rings (SSSR count). The lowest BCUT2D eigenvalue weighted by molar-refractivity contribution is -0.285. The number of amides is 1. The maximum absolute atomic E-state index is 13.2. The van der Waals surface area contributed by atoms with E-state index in [0.717, 1.165) is 16.7 Å². The third-order valence-corrected chi connectivity index (χ3v) is 7.55. The van der Waals surface area contributed by atoms with Gasteiger partial charge in [-0.1, -0.05) is 91.0 Å². The van der Waals surface area contributed by atoms with Crippen molar-refractivity contribution in [1.29, 1.82) is 0 Å². The molecule has 2 heterocycles. The van der Waals surface area contributed by atoms with Crippen LogP contribution >= 0.6 is 0 Å². The minimum absolute atomic E-state index is 0.0714. The number of hydrogen-bond acceptors (Lipinski definition) is 9. The number of nitrogens with one attached hydrogen (secondary N) is 1. The van der Waals surface area contributed by atoms with Gasteiger partial charge in [0.15, 0.2) is 0 Å². The number of aliphatic hydroxyl groups excluding tert-OH is 1. The third-order valence-electron chi connectivity index (χ3n) is 7.55. The van der Waals surface area contributed by atoms with Crippen molar-refractivity contribution in [3.63, 3.8) is 0 Å². The lowest BCUT2D eigenvalue weighted by atomic mass is 9.89. The zero-order valence-corrected chi connectivity index (χ0v) is 24.2. The summed E-state index contributed by atoms with van der Waals surface area (Å²) in [5.41, 5.74) is 2.74. The Hall–Kier alpha value is -3.64. The molecule has 10 heteroatoms. The van der Waals surface area contributed by atoms with Crippen LogP contribution in [0.5, 0.6) is 0 Å². The highest BCUT2D eigenvalue weighted by Crippen LogP contribution is 2.44. The maximum Gasteiger partial charge on any atom is 0.369 e. The lowest BCUT2D eigenvalue weighted by Crippen LogP contribution is -2.68. The van der Waals surface area contributed by atoms with Gasteiger partial charge in [0.05, 0.1) is 39.6 Å². The predicted octanol–water partition coefficient (Wildman–Crippen LogP) is 2.91. The van der Waals surface area contributed by atoms with Crippen LogP contribution in [0.25, 0.3) is 0 Å². The van der Waals surface area contributed by atoms with E-state index in [-0.39, 0.29) is 25.7 Å². The van der Waals surface area contributed by atoms with Crippen molar-refractivity contribution >= 4 is 11.9 Å². The van der Waals surface area contributed by atoms with Crippen molar-refractivity contribution in [1.82, 2.24) is 5.32 Å². The second-order valence-corrected chi connectivity index (χ2v) is 10.6. The van der Waals surface area contributed by atoms with Gasteiger partial charge in [-0.15, -0.1) is 0 Å². The summed E-state index contributed by atoms with van der Waals surface area (Å²) >= 11 is 0. The molecule has 0 radical (unpaired) electrons. The van der Waals surface area contributed by atoms with Crippen LogP contribution in [0.1, 0.15) is 23.6 Å². The third kappa shape index (κ3) is 7.13. The van der Waals surface area contributed by atoms with E-state index in [4.69, 9.17) is 28.4 Å². The summed E-state index contributed by atoms with van der Waals surface area (Å²) in [6.45, 7) is 2.08. The summed E-state index contributed by atoms with van der Waals surface area (Å²) in [4.78, 5) is 25.6. The molecule has 10 nitrogen and oxygen atoms in total. The number of esters is 1. The number of rotatable bonds is 13. The van der Waals surface area contributed by atoms with Crippen molar-refractivity contribution in [3.8, 4) is 0 Å². The van der Waals surface area contributed by atoms with Crippen molar-refractivity contribution in [2.45, 2.75) is 69.1 Å². The molecule has 2 bridgehead atoms. The van der Waals surface area contributed by atoms with E-state index >= 15 is 0 Å². The maximum atomic E-state index is 13.2. The van der Waals surface area contributed by atoms with Crippen molar-refractivity contribution in [2.75, 3.05) is 13.7 Å². The summed E-state index contributed by atoms with van der Waals surface area (Å²) in [5, 5.41) is 14.5. The van der Waals surface area contributed by atoms with E-state index in [9.17, 15) is 14.7 Å². The van der Waals surface area contributed by atoms with Crippen LogP contribution in [0.4, 0.5) is 0 Å². The average Bonchev–Trinajstić information content (AvgIpc) is 3.41. The predicted molar refractivity (Wildman–Crippen MR) is 154 cm³/mol. The molecule has 7 atom stereocenters. The molecule has 2 fully saturated rings. The Balaban J connectivity index is 1.44. The first kappa shape index (κ1) is 30.8. The van der Waals surface area contributed by atoms with Crippen LogP contribution in [0.15, 0.2) is 91.0 Å². The van der Waals surface area contributed by atoms with Gasteiger partial charge in [0, 0.05) is 6.92 Å². The molecule has 0 aromatic heterocycles. The number of methoxy groups -OCH3 is 1. The van der Waals surface area contributed by atoms with Gasteiger partial charge >= 0.3 is 5.97 Å². The van der Waals surface area contributed by atoms with Gasteiger partial charge in [-0.2, -0.15) is 0 Å². The van der Waals surface area contributed by atoms with E-state index in [2.05, 4.69) is 5.32 Å². The van der Waals surface area contributed by atoms with Crippen molar-refractivity contribution in [2.24, 2.45) is 0 Å². The smallest absolute Gasteiger partial charge is 0.369 e. The van der Waals surface area contributed by atoms with Gasteiger partial charge < -0.3 is 38.8 Å². The minimum Gasteiger partial charge on any atom is -0.465 e. The van der Waals surface area contributed by atoms with E-state index in [1.165, 1.54) is 14.0 Å². The van der Waals surface area contributed by atoms with Gasteiger partial charge in [-0.25, -0.2) is 4.79 Å². The standard InChI is InChI=1S/C33H37NO9/c1-22(35)34-27-29-28(26(40-19-24-14-8-4-9-15-24)21-39-18-23-12-6-3-7-13-23)42-33(43-29,32(37)38-2)31(36)30(27)41-20-25-16-10-5-11-17-25/h3-17,26-31,36H,18-21H2,1-2H3,(H,34,35)/t26-,27-,28-,29+,30+,31-,33+/m0/s1. The number of aliphatic hydroxyl groups is 1. The SMILES string of the molecule is COC(=O)[C@]12O[C@H]([C@H](NC(C)=O)[C@@H](OCc3ccccc3)[C@@H]1O)[C@H]([C@H](COCc1ccccc1)OCc1ccccc1)O2. The highest BCUT2D eigenvalue weighted by atomic mass is 16.8. The second kappa shape index (κ2) is 14.2. The Morgan fingerprint density at radius 2 is 1.42 bits per heavy atom. The van der Waals surface area contributed by atoms with Crippen LogP contribution in [0.3, 0.4) is 0 Å². The molecule has 228 valence electrons. The summed E-state index contributed by atoms with van der Waals surface area (Å²) in [6.07, 6.45) is -5.38. The topological polar surface area (TPSA) is 122 Å². The first-order valence-corrected chi connectivity index (χ1v) is 14.2. The number of hydrogen-bond donors (Lipinski definition) is 2.